The Morgan fingerprint density at radius 1 is 1.00 bits per heavy atom. The number of alkyl halides is 6. The van der Waals surface area contributed by atoms with Crippen LogP contribution in [-0.4, -0.2) is 23.2 Å². The second kappa shape index (κ2) is 3.50. The van der Waals surface area contributed by atoms with E-state index < -0.39 is 29.5 Å². The van der Waals surface area contributed by atoms with Gasteiger partial charge in [-0.2, -0.15) is 26.3 Å². The lowest BCUT2D eigenvalue weighted by Crippen LogP contribution is -2.27. The second-order valence-electron chi connectivity index (χ2n) is 2.30. The van der Waals surface area contributed by atoms with Gasteiger partial charge >= 0.3 is 12.4 Å². The summed E-state index contributed by atoms with van der Waals surface area (Å²) in [5.41, 5.74) is -1.77. The lowest BCUT2D eigenvalue weighted by atomic mass is 10.1. The number of ketones is 1. The van der Waals surface area contributed by atoms with Gasteiger partial charge in [-0.3, -0.25) is 4.79 Å². The molecule has 0 aromatic heterocycles. The lowest BCUT2D eigenvalue weighted by Gasteiger charge is -2.10. The number of rotatable bonds is 1. The van der Waals surface area contributed by atoms with Gasteiger partial charge in [0.1, 0.15) is 0 Å². The van der Waals surface area contributed by atoms with Crippen LogP contribution in [0.4, 0.5) is 26.3 Å². The van der Waals surface area contributed by atoms with Crippen molar-refractivity contribution in [3.05, 3.63) is 11.3 Å². The van der Waals surface area contributed by atoms with Gasteiger partial charge in [0, 0.05) is 5.57 Å². The third-order valence-corrected chi connectivity index (χ3v) is 1.22. The van der Waals surface area contributed by atoms with Crippen LogP contribution in [0.5, 0.6) is 0 Å². The van der Waals surface area contributed by atoms with Crippen molar-refractivity contribution in [2.24, 2.45) is 0 Å². The number of hydrogen-bond acceptors (Lipinski definition) is 2. The van der Waals surface area contributed by atoms with Gasteiger partial charge in [0.2, 0.25) is 5.76 Å². The number of Topliss-reactive ketones (excluding diaryl/α,β-unsaturated/α-hetero) is 1. The van der Waals surface area contributed by atoms with Crippen molar-refractivity contribution in [2.75, 3.05) is 0 Å². The molecule has 14 heavy (non-hydrogen) atoms. The van der Waals surface area contributed by atoms with E-state index in [1.165, 1.54) is 0 Å². The zero-order valence-electron chi connectivity index (χ0n) is 6.62. The van der Waals surface area contributed by atoms with E-state index in [0.29, 0.717) is 0 Å². The summed E-state index contributed by atoms with van der Waals surface area (Å²) in [5.74, 6) is -5.24. The first-order chi connectivity index (χ1) is 5.98. The summed E-state index contributed by atoms with van der Waals surface area (Å²) in [6.07, 6.45) is -10.8. The zero-order chi connectivity index (χ0) is 11.7. The number of hydrogen-bond donors (Lipinski definition) is 1. The highest BCUT2D eigenvalue weighted by molar-refractivity contribution is 5.99. The zero-order valence-corrected chi connectivity index (χ0v) is 6.62. The molecule has 1 N–H and O–H groups in total. The van der Waals surface area contributed by atoms with Crippen LogP contribution >= 0.6 is 0 Å². The van der Waals surface area contributed by atoms with Crippen molar-refractivity contribution in [3.8, 4) is 0 Å². The summed E-state index contributed by atoms with van der Waals surface area (Å²) in [4.78, 5) is 10.2. The van der Waals surface area contributed by atoms with Crippen LogP contribution in [0, 0.1) is 0 Å². The topological polar surface area (TPSA) is 37.3 Å². The van der Waals surface area contributed by atoms with Crippen molar-refractivity contribution >= 4 is 5.78 Å². The minimum atomic E-state index is -5.43. The fourth-order valence-corrected chi connectivity index (χ4v) is 0.533. The van der Waals surface area contributed by atoms with Crippen LogP contribution in [0.25, 0.3) is 0 Å². The van der Waals surface area contributed by atoms with Gasteiger partial charge in [0.05, 0.1) is 0 Å². The van der Waals surface area contributed by atoms with Crippen molar-refractivity contribution in [3.63, 3.8) is 0 Å². The molecule has 2 nitrogen and oxygen atoms in total. The first-order valence-electron chi connectivity index (χ1n) is 3.06. The minimum absolute atomic E-state index is 0.249. The van der Waals surface area contributed by atoms with E-state index in [4.69, 9.17) is 5.11 Å². The summed E-state index contributed by atoms with van der Waals surface area (Å²) >= 11 is 0. The highest BCUT2D eigenvalue weighted by atomic mass is 19.4. The number of allylic oxidation sites excluding steroid dienone is 2. The predicted octanol–water partition coefficient (Wildman–Crippen LogP) is 2.51. The minimum Gasteiger partial charge on any atom is -0.504 e. The number of carbonyl (C=O) groups is 1. The fraction of sp³-hybridized carbons (Fsp3) is 0.500. The number of halogens is 6. The quantitative estimate of drug-likeness (QED) is 0.420. The molecule has 0 aliphatic heterocycles. The van der Waals surface area contributed by atoms with Crippen LogP contribution in [-0.2, 0) is 4.79 Å². The lowest BCUT2D eigenvalue weighted by molar-refractivity contribution is -0.168. The van der Waals surface area contributed by atoms with Crippen LogP contribution < -0.4 is 0 Å². The van der Waals surface area contributed by atoms with E-state index in [-0.39, 0.29) is 6.92 Å². The van der Waals surface area contributed by atoms with Crippen molar-refractivity contribution < 1.29 is 36.2 Å². The largest absolute Gasteiger partial charge is 0.504 e. The molecule has 0 unspecified atom stereocenters. The third kappa shape index (κ3) is 2.93. The standard InChI is InChI=1S/C6H4F6O2/c1-2(3(13)5(7,8)9)4(14)6(10,11)12/h13H,1H3. The van der Waals surface area contributed by atoms with E-state index in [2.05, 4.69) is 0 Å². The average Bonchev–Trinajstić information content (AvgIpc) is 1.97. The normalized spacial score (nSPS) is 15.1. The molecule has 0 heterocycles. The predicted molar refractivity (Wildman–Crippen MR) is 32.4 cm³/mol. The van der Waals surface area contributed by atoms with Gasteiger partial charge in [-0.05, 0) is 6.92 Å². The molecule has 0 saturated heterocycles. The maximum atomic E-state index is 11.6. The molecule has 0 aliphatic carbocycles. The van der Waals surface area contributed by atoms with Crippen LogP contribution in [0.2, 0.25) is 0 Å². The Morgan fingerprint density at radius 2 is 1.36 bits per heavy atom. The fourth-order valence-electron chi connectivity index (χ4n) is 0.533. The summed E-state index contributed by atoms with van der Waals surface area (Å²) < 4.78 is 69.6. The molecule has 0 radical (unpaired) electrons. The van der Waals surface area contributed by atoms with Gasteiger partial charge in [0.25, 0.3) is 5.78 Å². The molecule has 0 spiro atoms. The number of aliphatic hydroxyl groups is 1. The Labute approximate surface area is 73.8 Å². The summed E-state index contributed by atoms with van der Waals surface area (Å²) in [6.45, 7) is 0.249. The number of aliphatic hydroxyl groups excluding tert-OH is 1. The molecular weight excluding hydrogens is 218 g/mol. The maximum Gasteiger partial charge on any atom is 0.454 e. The first-order valence-corrected chi connectivity index (χ1v) is 3.06. The van der Waals surface area contributed by atoms with E-state index in [9.17, 15) is 31.1 Å². The number of carbonyl (C=O) groups excluding carboxylic acids is 1. The van der Waals surface area contributed by atoms with Gasteiger partial charge in [-0.15, -0.1) is 0 Å². The third-order valence-electron chi connectivity index (χ3n) is 1.22. The molecular formula is C6H4F6O2. The van der Waals surface area contributed by atoms with Gasteiger partial charge in [-0.1, -0.05) is 0 Å². The summed E-state index contributed by atoms with van der Waals surface area (Å²) in [7, 11) is 0. The SMILES string of the molecule is CC(C(=O)C(F)(F)F)=C(O)C(F)(F)F. The van der Waals surface area contributed by atoms with Crippen molar-refractivity contribution in [2.45, 2.75) is 19.3 Å². The Morgan fingerprint density at radius 3 is 1.57 bits per heavy atom. The molecule has 82 valence electrons. The van der Waals surface area contributed by atoms with E-state index in [0.717, 1.165) is 0 Å². The Bertz CT molecular complexity index is 271. The highest BCUT2D eigenvalue weighted by Gasteiger charge is 2.45. The summed E-state index contributed by atoms with van der Waals surface area (Å²) in [6, 6.07) is 0. The molecule has 0 saturated carbocycles. The Balaban J connectivity index is 5.14. The van der Waals surface area contributed by atoms with Gasteiger partial charge < -0.3 is 5.11 Å². The molecule has 0 aromatic rings. The molecule has 8 heteroatoms. The molecule has 0 amide bonds. The van der Waals surface area contributed by atoms with E-state index in [1.807, 2.05) is 0 Å². The van der Waals surface area contributed by atoms with Crippen molar-refractivity contribution in [1.29, 1.82) is 0 Å². The van der Waals surface area contributed by atoms with Crippen LogP contribution in [0.15, 0.2) is 11.3 Å². The Hall–Kier alpha value is -1.21. The van der Waals surface area contributed by atoms with Crippen LogP contribution in [0.1, 0.15) is 6.92 Å². The Kier molecular flexibility index (Phi) is 3.20. The summed E-state index contributed by atoms with van der Waals surface area (Å²) in [5, 5.41) is 8.22. The molecule has 0 bridgehead atoms. The van der Waals surface area contributed by atoms with E-state index >= 15 is 0 Å². The molecule has 0 aliphatic rings. The first kappa shape index (κ1) is 12.8. The average molecular weight is 222 g/mol. The molecule has 0 fully saturated rings. The van der Waals surface area contributed by atoms with Gasteiger partial charge in [-0.25, -0.2) is 0 Å². The monoisotopic (exact) mass is 222 g/mol. The maximum absolute atomic E-state index is 11.6. The smallest absolute Gasteiger partial charge is 0.454 e. The highest BCUT2D eigenvalue weighted by Crippen LogP contribution is 2.29. The van der Waals surface area contributed by atoms with E-state index in [1.54, 1.807) is 0 Å². The van der Waals surface area contributed by atoms with Crippen molar-refractivity contribution in [1.82, 2.24) is 0 Å². The molecule has 0 atom stereocenters. The van der Waals surface area contributed by atoms with Gasteiger partial charge in [0.15, 0.2) is 0 Å². The van der Waals surface area contributed by atoms with Crippen LogP contribution in [0.3, 0.4) is 0 Å². The molecule has 0 aromatic carbocycles. The molecule has 0 rings (SSSR count). The second-order valence-corrected chi connectivity index (χ2v) is 2.30.